The summed E-state index contributed by atoms with van der Waals surface area (Å²) in [6.07, 6.45) is 5.87. The molecule has 1 aliphatic carbocycles. The molecule has 22 heavy (non-hydrogen) atoms. The van der Waals surface area contributed by atoms with Crippen LogP contribution < -0.4 is 0 Å². The molecule has 2 aliphatic rings. The van der Waals surface area contributed by atoms with E-state index >= 15 is 0 Å². The van der Waals surface area contributed by atoms with Crippen molar-refractivity contribution in [3.05, 3.63) is 30.5 Å². The molecule has 1 amide bonds. The summed E-state index contributed by atoms with van der Waals surface area (Å²) in [5.41, 5.74) is 0.897. The van der Waals surface area contributed by atoms with E-state index in [9.17, 15) is 4.79 Å². The van der Waals surface area contributed by atoms with E-state index < -0.39 is 0 Å². The first kappa shape index (κ1) is 15.0. The summed E-state index contributed by atoms with van der Waals surface area (Å²) in [4.78, 5) is 23.2. The summed E-state index contributed by atoms with van der Waals surface area (Å²) in [7, 11) is 1.87. The number of fused-ring (bicyclic) bond motifs is 1. The van der Waals surface area contributed by atoms with Crippen LogP contribution in [0.15, 0.2) is 24.0 Å². The number of rotatable bonds is 4. The van der Waals surface area contributed by atoms with Gasteiger partial charge in [-0.15, -0.1) is 0 Å². The van der Waals surface area contributed by atoms with Gasteiger partial charge in [0.1, 0.15) is 5.69 Å². The van der Waals surface area contributed by atoms with Crippen LogP contribution in [0.2, 0.25) is 0 Å². The molecule has 2 unspecified atom stereocenters. The maximum Gasteiger partial charge on any atom is 0.274 e. The molecule has 2 heterocycles. The Morgan fingerprint density at radius 3 is 2.95 bits per heavy atom. The molecule has 1 aromatic heterocycles. The van der Waals surface area contributed by atoms with Gasteiger partial charge in [-0.2, -0.15) is 0 Å². The average Bonchev–Trinajstić information content (AvgIpc) is 2.87. The largest absolute Gasteiger partial charge is 0.334 e. The van der Waals surface area contributed by atoms with Crippen LogP contribution in [-0.2, 0) is 7.05 Å². The number of likely N-dealkylation sites (tertiary alicyclic amines) is 1. The van der Waals surface area contributed by atoms with Crippen LogP contribution in [0, 0.1) is 17.3 Å². The number of aliphatic imine (C=N–C) groups is 1. The predicted octanol–water partition coefficient (Wildman–Crippen LogP) is 2.49. The molecule has 0 spiro atoms. The van der Waals surface area contributed by atoms with Crippen LogP contribution in [0.25, 0.3) is 0 Å². The Bertz CT molecular complexity index is 643. The van der Waals surface area contributed by atoms with E-state index in [2.05, 4.69) is 37.3 Å². The fourth-order valence-electron chi connectivity index (χ4n) is 4.12. The van der Waals surface area contributed by atoms with E-state index in [0.717, 1.165) is 13.0 Å². The van der Waals surface area contributed by atoms with Gasteiger partial charge in [-0.05, 0) is 23.7 Å². The van der Waals surface area contributed by atoms with E-state index in [1.54, 1.807) is 12.4 Å². The Morgan fingerprint density at radius 2 is 2.32 bits per heavy atom. The van der Waals surface area contributed by atoms with Crippen LogP contribution in [0.1, 0.15) is 43.5 Å². The van der Waals surface area contributed by atoms with Crippen LogP contribution in [0.3, 0.4) is 0 Å². The number of aromatic nitrogens is 2. The Morgan fingerprint density at radius 1 is 1.59 bits per heavy atom. The van der Waals surface area contributed by atoms with Gasteiger partial charge in [0.05, 0.1) is 6.21 Å². The van der Waals surface area contributed by atoms with Crippen molar-refractivity contribution >= 4 is 12.1 Å². The maximum absolute atomic E-state index is 12.8. The minimum Gasteiger partial charge on any atom is -0.334 e. The minimum atomic E-state index is 0.0451. The third-order valence-electron chi connectivity index (χ3n) is 5.45. The number of aryl methyl sites for hydroxylation is 1. The topological polar surface area (TPSA) is 50.5 Å². The highest BCUT2D eigenvalue weighted by Gasteiger charge is 2.66. The fourth-order valence-corrected chi connectivity index (χ4v) is 4.12. The number of hydrogen-bond donors (Lipinski definition) is 0. The maximum atomic E-state index is 12.8. The fraction of sp³-hybridized carbons (Fsp3) is 0.588. The van der Waals surface area contributed by atoms with Gasteiger partial charge in [-0.1, -0.05) is 27.4 Å². The zero-order valence-corrected chi connectivity index (χ0v) is 13.8. The molecular weight excluding hydrogens is 276 g/mol. The van der Waals surface area contributed by atoms with Crippen molar-refractivity contribution < 1.29 is 4.79 Å². The third-order valence-corrected chi connectivity index (χ3v) is 5.45. The Labute approximate surface area is 131 Å². The lowest BCUT2D eigenvalue weighted by Crippen LogP contribution is -2.40. The molecule has 3 atom stereocenters. The van der Waals surface area contributed by atoms with Crippen molar-refractivity contribution in [2.75, 3.05) is 6.54 Å². The monoisotopic (exact) mass is 300 g/mol. The summed E-state index contributed by atoms with van der Waals surface area (Å²) in [6.45, 7) is 11.2. The van der Waals surface area contributed by atoms with Gasteiger partial charge < -0.3 is 9.47 Å². The van der Waals surface area contributed by atoms with Crippen molar-refractivity contribution in [2.24, 2.45) is 29.3 Å². The molecule has 5 nitrogen and oxygen atoms in total. The average molecular weight is 300 g/mol. The van der Waals surface area contributed by atoms with Gasteiger partial charge in [0, 0.05) is 32.0 Å². The van der Waals surface area contributed by atoms with Crippen molar-refractivity contribution in [1.82, 2.24) is 14.5 Å². The molecule has 2 fully saturated rings. The number of hydrogen-bond acceptors (Lipinski definition) is 3. The molecule has 118 valence electrons. The number of carbonyl (C=O) groups is 1. The molecule has 0 bridgehead atoms. The molecule has 1 saturated heterocycles. The van der Waals surface area contributed by atoms with Gasteiger partial charge in [-0.3, -0.25) is 9.79 Å². The third kappa shape index (κ3) is 2.11. The van der Waals surface area contributed by atoms with Gasteiger partial charge in [-0.25, -0.2) is 4.98 Å². The Balaban J connectivity index is 1.80. The highest BCUT2D eigenvalue weighted by Crippen LogP contribution is 2.65. The molecule has 0 aromatic carbocycles. The van der Waals surface area contributed by atoms with Gasteiger partial charge in [0.25, 0.3) is 5.91 Å². The molecule has 0 N–H and O–H groups in total. The lowest BCUT2D eigenvalue weighted by Gasteiger charge is -2.29. The lowest BCUT2D eigenvalue weighted by atomic mass is 9.99. The van der Waals surface area contributed by atoms with E-state index in [1.165, 1.54) is 6.20 Å². The predicted molar refractivity (Wildman–Crippen MR) is 86.9 cm³/mol. The molecule has 1 aliphatic heterocycles. The highest BCUT2D eigenvalue weighted by molar-refractivity contribution is 5.94. The van der Waals surface area contributed by atoms with Crippen molar-refractivity contribution in [3.8, 4) is 0 Å². The van der Waals surface area contributed by atoms with Crippen molar-refractivity contribution in [3.63, 3.8) is 0 Å². The molecule has 0 radical (unpaired) electrons. The standard InChI is InChI=1S/C17H24N4O/c1-6-13-15-11(17(15,3)4)9-21(13)16(22)12-10-20(5)14(19-12)8-18-7-2/h7-8,10-11,13,15H,2,6,9H2,1,3-5H3/t11?,13-,15?/m1/s1. The second kappa shape index (κ2) is 5.07. The van der Waals surface area contributed by atoms with E-state index in [-0.39, 0.29) is 5.91 Å². The first-order valence-electron chi connectivity index (χ1n) is 7.90. The number of carbonyl (C=O) groups excluding carboxylic acids is 1. The second-order valence-electron chi connectivity index (χ2n) is 6.94. The summed E-state index contributed by atoms with van der Waals surface area (Å²) in [5.74, 6) is 2.00. The van der Waals surface area contributed by atoms with Crippen molar-refractivity contribution in [2.45, 2.75) is 33.2 Å². The van der Waals surface area contributed by atoms with E-state index in [4.69, 9.17) is 0 Å². The molecule has 1 aromatic rings. The first-order valence-corrected chi connectivity index (χ1v) is 7.90. The number of amides is 1. The van der Waals surface area contributed by atoms with Crippen molar-refractivity contribution in [1.29, 1.82) is 0 Å². The second-order valence-corrected chi connectivity index (χ2v) is 6.94. The zero-order chi connectivity index (χ0) is 16.1. The normalized spacial score (nSPS) is 28.9. The molecule has 5 heteroatoms. The van der Waals surface area contributed by atoms with Crippen LogP contribution >= 0.6 is 0 Å². The number of imidazole rings is 1. The number of nitrogens with zero attached hydrogens (tertiary/aromatic N) is 4. The molecule has 3 rings (SSSR count). The first-order chi connectivity index (χ1) is 10.4. The zero-order valence-electron chi connectivity index (χ0n) is 13.8. The van der Waals surface area contributed by atoms with Crippen LogP contribution in [0.5, 0.6) is 0 Å². The van der Waals surface area contributed by atoms with E-state index in [1.807, 2.05) is 16.5 Å². The highest BCUT2D eigenvalue weighted by atomic mass is 16.2. The minimum absolute atomic E-state index is 0.0451. The summed E-state index contributed by atoms with van der Waals surface area (Å²) < 4.78 is 1.82. The quantitative estimate of drug-likeness (QED) is 0.802. The lowest BCUT2D eigenvalue weighted by molar-refractivity contribution is 0.0665. The van der Waals surface area contributed by atoms with Gasteiger partial charge >= 0.3 is 0 Å². The SMILES string of the molecule is C=CN=Cc1nc(C(=O)N2CC3C([C@H]2CC)C3(C)C)cn1C. The van der Waals surface area contributed by atoms with Gasteiger partial charge in [0.15, 0.2) is 5.82 Å². The molecular formula is C17H24N4O. The Kier molecular flexibility index (Phi) is 3.46. The summed E-state index contributed by atoms with van der Waals surface area (Å²) in [6, 6.07) is 0.347. The van der Waals surface area contributed by atoms with Crippen LogP contribution in [-0.4, -0.2) is 39.2 Å². The Hall–Kier alpha value is -1.91. The van der Waals surface area contributed by atoms with Crippen LogP contribution in [0.4, 0.5) is 0 Å². The van der Waals surface area contributed by atoms with Gasteiger partial charge in [0.2, 0.25) is 0 Å². The number of piperidine rings is 1. The van der Waals surface area contributed by atoms with E-state index in [0.29, 0.717) is 34.8 Å². The summed E-state index contributed by atoms with van der Waals surface area (Å²) in [5, 5.41) is 0. The summed E-state index contributed by atoms with van der Waals surface area (Å²) >= 11 is 0. The smallest absolute Gasteiger partial charge is 0.274 e. The molecule has 1 saturated carbocycles.